The first-order valence-corrected chi connectivity index (χ1v) is 8.69. The molecule has 0 radical (unpaired) electrons. The highest BCUT2D eigenvalue weighted by atomic mass is 16.5. The van der Waals surface area contributed by atoms with Crippen molar-refractivity contribution in [3.63, 3.8) is 0 Å². The number of rotatable bonds is 7. The van der Waals surface area contributed by atoms with Crippen molar-refractivity contribution in [2.45, 2.75) is 52.0 Å². The number of benzene rings is 1. The summed E-state index contributed by atoms with van der Waals surface area (Å²) in [6.07, 6.45) is 0.574. The van der Waals surface area contributed by atoms with Crippen LogP contribution in [0, 0.1) is 0 Å². The van der Waals surface area contributed by atoms with Crippen molar-refractivity contribution >= 4 is 17.9 Å². The maximum Gasteiger partial charge on any atom is 0.325 e. The molecule has 1 aromatic rings. The maximum absolute atomic E-state index is 12.8. The van der Waals surface area contributed by atoms with Gasteiger partial charge in [-0.25, -0.2) is 4.79 Å². The van der Waals surface area contributed by atoms with Gasteiger partial charge in [-0.3, -0.25) is 14.5 Å². The number of imide groups is 1. The Balaban J connectivity index is 2.07. The van der Waals surface area contributed by atoms with Crippen LogP contribution in [0.1, 0.15) is 57.6 Å². The van der Waals surface area contributed by atoms with Gasteiger partial charge in [0.25, 0.3) is 5.91 Å². The van der Waals surface area contributed by atoms with Crippen molar-refractivity contribution in [1.29, 1.82) is 0 Å². The van der Waals surface area contributed by atoms with Crippen molar-refractivity contribution in [2.24, 2.45) is 0 Å². The topological polar surface area (TPSA) is 75.7 Å². The van der Waals surface area contributed by atoms with E-state index in [9.17, 15) is 14.4 Å². The molecule has 1 unspecified atom stereocenters. The number of ether oxygens (including phenoxy) is 1. The highest BCUT2D eigenvalue weighted by Gasteiger charge is 2.48. The molecule has 1 N–H and O–H groups in total. The number of nitrogens with one attached hydrogen (secondary N) is 1. The van der Waals surface area contributed by atoms with Crippen LogP contribution in [-0.4, -0.2) is 36.0 Å². The van der Waals surface area contributed by atoms with Crippen LogP contribution in [0.25, 0.3) is 0 Å². The largest absolute Gasteiger partial charge is 0.466 e. The molecule has 1 fully saturated rings. The highest BCUT2D eigenvalue weighted by Crippen LogP contribution is 2.30. The molecule has 0 aromatic heterocycles. The van der Waals surface area contributed by atoms with E-state index in [0.29, 0.717) is 18.9 Å². The number of amides is 3. The number of urea groups is 1. The fourth-order valence-corrected chi connectivity index (χ4v) is 2.91. The van der Waals surface area contributed by atoms with E-state index < -0.39 is 11.6 Å². The molecule has 0 saturated carbocycles. The second-order valence-electron chi connectivity index (χ2n) is 6.70. The van der Waals surface area contributed by atoms with Crippen molar-refractivity contribution in [3.8, 4) is 0 Å². The minimum absolute atomic E-state index is 0.185. The van der Waals surface area contributed by atoms with E-state index in [1.54, 1.807) is 13.8 Å². The molecule has 2 rings (SSSR count). The number of carbonyl (C=O) groups is 3. The van der Waals surface area contributed by atoms with Gasteiger partial charge in [0.2, 0.25) is 0 Å². The molecule has 1 saturated heterocycles. The van der Waals surface area contributed by atoms with Crippen molar-refractivity contribution in [2.75, 3.05) is 13.2 Å². The fourth-order valence-electron chi connectivity index (χ4n) is 2.91. The van der Waals surface area contributed by atoms with Crippen LogP contribution in [0.5, 0.6) is 0 Å². The van der Waals surface area contributed by atoms with Gasteiger partial charge in [0.05, 0.1) is 6.61 Å². The number of nitrogens with zero attached hydrogens (tertiary/aromatic N) is 1. The number of hydrogen-bond donors (Lipinski definition) is 1. The van der Waals surface area contributed by atoms with Gasteiger partial charge in [-0.15, -0.1) is 0 Å². The SMILES string of the molecule is CCOC(=O)CCCN1C(=O)NC(C)(c2ccc(C(C)C)cc2)C1=O. The van der Waals surface area contributed by atoms with Gasteiger partial charge >= 0.3 is 12.0 Å². The molecule has 0 bridgehead atoms. The Bertz CT molecular complexity index is 654. The van der Waals surface area contributed by atoms with Gasteiger partial charge in [0, 0.05) is 13.0 Å². The summed E-state index contributed by atoms with van der Waals surface area (Å²) in [6.45, 7) is 8.18. The average Bonchev–Trinajstić information content (AvgIpc) is 2.79. The van der Waals surface area contributed by atoms with Crippen molar-refractivity contribution in [1.82, 2.24) is 10.2 Å². The molecule has 1 heterocycles. The standard InChI is InChI=1S/C19H26N2O4/c1-5-25-16(22)7-6-12-21-17(23)19(4,20-18(21)24)15-10-8-14(9-11-15)13(2)3/h8-11,13H,5-7,12H2,1-4H3,(H,20,24). The molecule has 1 aliphatic rings. The number of esters is 1. The van der Waals surface area contributed by atoms with Gasteiger partial charge in [-0.1, -0.05) is 38.1 Å². The third-order valence-electron chi connectivity index (χ3n) is 4.50. The average molecular weight is 346 g/mol. The van der Waals surface area contributed by atoms with E-state index in [1.807, 2.05) is 24.3 Å². The zero-order valence-corrected chi connectivity index (χ0v) is 15.3. The molecule has 25 heavy (non-hydrogen) atoms. The second kappa shape index (κ2) is 7.68. The first-order valence-electron chi connectivity index (χ1n) is 8.69. The van der Waals surface area contributed by atoms with E-state index >= 15 is 0 Å². The zero-order valence-electron chi connectivity index (χ0n) is 15.3. The van der Waals surface area contributed by atoms with Gasteiger partial charge in [-0.2, -0.15) is 0 Å². The summed E-state index contributed by atoms with van der Waals surface area (Å²) in [7, 11) is 0. The summed E-state index contributed by atoms with van der Waals surface area (Å²) in [5.74, 6) is -0.213. The highest BCUT2D eigenvalue weighted by molar-refractivity contribution is 6.07. The molecule has 1 aromatic carbocycles. The van der Waals surface area contributed by atoms with Crippen LogP contribution >= 0.6 is 0 Å². The third-order valence-corrected chi connectivity index (χ3v) is 4.50. The molecule has 3 amide bonds. The predicted molar refractivity (Wildman–Crippen MR) is 94.0 cm³/mol. The van der Waals surface area contributed by atoms with Gasteiger partial charge in [0.15, 0.2) is 0 Å². The molecule has 6 heteroatoms. The molecular formula is C19H26N2O4. The summed E-state index contributed by atoms with van der Waals surface area (Å²) in [4.78, 5) is 37.6. The Kier molecular flexibility index (Phi) is 5.82. The van der Waals surface area contributed by atoms with E-state index in [-0.39, 0.29) is 24.8 Å². The van der Waals surface area contributed by atoms with E-state index in [4.69, 9.17) is 4.74 Å². The molecule has 0 aliphatic carbocycles. The van der Waals surface area contributed by atoms with Gasteiger partial charge < -0.3 is 10.1 Å². The summed E-state index contributed by atoms with van der Waals surface area (Å²) in [6, 6.07) is 7.30. The summed E-state index contributed by atoms with van der Waals surface area (Å²) < 4.78 is 4.86. The van der Waals surface area contributed by atoms with E-state index in [0.717, 1.165) is 5.56 Å². The zero-order chi connectivity index (χ0) is 18.6. The minimum Gasteiger partial charge on any atom is -0.466 e. The van der Waals surface area contributed by atoms with Crippen LogP contribution < -0.4 is 5.32 Å². The normalized spacial score (nSPS) is 20.1. The monoisotopic (exact) mass is 346 g/mol. The molecule has 1 aliphatic heterocycles. The molecule has 1 atom stereocenters. The molecule has 6 nitrogen and oxygen atoms in total. The fraction of sp³-hybridized carbons (Fsp3) is 0.526. The molecule has 0 spiro atoms. The van der Waals surface area contributed by atoms with Crippen LogP contribution in [0.15, 0.2) is 24.3 Å². The molecular weight excluding hydrogens is 320 g/mol. The van der Waals surface area contributed by atoms with E-state index in [2.05, 4.69) is 19.2 Å². The number of hydrogen-bond acceptors (Lipinski definition) is 4. The first-order chi connectivity index (χ1) is 11.8. The Morgan fingerprint density at radius 2 is 1.88 bits per heavy atom. The third kappa shape index (κ3) is 4.00. The first kappa shape index (κ1) is 19.0. The lowest BCUT2D eigenvalue weighted by molar-refractivity contribution is -0.143. The van der Waals surface area contributed by atoms with Crippen molar-refractivity contribution < 1.29 is 19.1 Å². The van der Waals surface area contributed by atoms with Gasteiger partial charge in [0.1, 0.15) is 5.54 Å². The van der Waals surface area contributed by atoms with Crippen LogP contribution in [0.3, 0.4) is 0 Å². The quantitative estimate of drug-likeness (QED) is 0.608. The maximum atomic E-state index is 12.8. The smallest absolute Gasteiger partial charge is 0.325 e. The van der Waals surface area contributed by atoms with Crippen molar-refractivity contribution in [3.05, 3.63) is 35.4 Å². The predicted octanol–water partition coefficient (Wildman–Crippen LogP) is 2.92. The minimum atomic E-state index is -1.07. The Morgan fingerprint density at radius 1 is 1.24 bits per heavy atom. The van der Waals surface area contributed by atoms with Crippen LogP contribution in [0.4, 0.5) is 4.79 Å². The Morgan fingerprint density at radius 3 is 2.44 bits per heavy atom. The second-order valence-corrected chi connectivity index (χ2v) is 6.70. The lowest BCUT2D eigenvalue weighted by Gasteiger charge is -2.23. The summed E-state index contributed by atoms with van der Waals surface area (Å²) >= 11 is 0. The number of carbonyl (C=O) groups excluding carboxylic acids is 3. The van der Waals surface area contributed by atoms with Crippen LogP contribution in [-0.2, 0) is 19.9 Å². The summed E-state index contributed by atoms with van der Waals surface area (Å²) in [5.41, 5.74) is 0.856. The lowest BCUT2D eigenvalue weighted by Crippen LogP contribution is -2.41. The Hall–Kier alpha value is -2.37. The van der Waals surface area contributed by atoms with Gasteiger partial charge in [-0.05, 0) is 37.3 Å². The van der Waals surface area contributed by atoms with E-state index in [1.165, 1.54) is 10.5 Å². The Labute approximate surface area is 148 Å². The molecule has 136 valence electrons. The summed E-state index contributed by atoms with van der Waals surface area (Å²) in [5, 5.41) is 2.78. The van der Waals surface area contributed by atoms with Crippen LogP contribution in [0.2, 0.25) is 0 Å². The lowest BCUT2D eigenvalue weighted by atomic mass is 9.90.